The van der Waals surface area contributed by atoms with E-state index in [1.807, 2.05) is 30.3 Å². The summed E-state index contributed by atoms with van der Waals surface area (Å²) in [6.45, 7) is -0.467. The molecule has 2 aromatic rings. The van der Waals surface area contributed by atoms with E-state index in [2.05, 4.69) is 26.5 Å². The number of ether oxygens (including phenoxy) is 2. The molecule has 0 saturated heterocycles. The first kappa shape index (κ1) is 16.8. The second kappa shape index (κ2) is 8.19. The first-order valence-corrected chi connectivity index (χ1v) is 7.45. The number of rotatable bonds is 7. The third-order valence-corrected chi connectivity index (χ3v) is 3.24. The minimum Gasteiger partial charge on any atom is -0.493 e. The summed E-state index contributed by atoms with van der Waals surface area (Å²) in [4.78, 5) is 10.7. The maximum absolute atomic E-state index is 10.7. The third-order valence-electron chi connectivity index (χ3n) is 2.78. The monoisotopic (exact) mass is 378 g/mol. The molecule has 0 amide bonds. The third kappa shape index (κ3) is 5.00. The van der Waals surface area contributed by atoms with Crippen molar-refractivity contribution in [2.75, 3.05) is 19.1 Å². The van der Waals surface area contributed by atoms with Crippen LogP contribution in [0, 0.1) is 0 Å². The Morgan fingerprint density at radius 1 is 1.35 bits per heavy atom. The highest BCUT2D eigenvalue weighted by Gasteiger charge is 2.13. The number of carboxylic acid groups (broad SMARTS) is 1. The number of carboxylic acids is 1. The molecule has 2 aromatic carbocycles. The summed E-state index contributed by atoms with van der Waals surface area (Å²) in [5.41, 5.74) is 4.30. The number of nitrogens with zero attached hydrogens (tertiary/aromatic N) is 1. The van der Waals surface area contributed by atoms with Crippen molar-refractivity contribution in [1.29, 1.82) is 0 Å². The largest absolute Gasteiger partial charge is 0.493 e. The SMILES string of the molecule is COc1cc(Br)cc(C=NNc2ccccc2)c1OCC(=O)O. The van der Waals surface area contributed by atoms with E-state index < -0.39 is 12.6 Å². The second-order valence-electron chi connectivity index (χ2n) is 4.44. The highest BCUT2D eigenvalue weighted by Crippen LogP contribution is 2.34. The van der Waals surface area contributed by atoms with E-state index in [-0.39, 0.29) is 0 Å². The lowest BCUT2D eigenvalue weighted by Gasteiger charge is -2.12. The van der Waals surface area contributed by atoms with Crippen LogP contribution in [0.2, 0.25) is 0 Å². The van der Waals surface area contributed by atoms with E-state index in [1.165, 1.54) is 13.3 Å². The van der Waals surface area contributed by atoms with Crippen LogP contribution >= 0.6 is 15.9 Å². The Morgan fingerprint density at radius 2 is 2.09 bits per heavy atom. The number of hydrogen-bond acceptors (Lipinski definition) is 5. The highest BCUT2D eigenvalue weighted by molar-refractivity contribution is 9.10. The van der Waals surface area contributed by atoms with Gasteiger partial charge in [0.15, 0.2) is 18.1 Å². The summed E-state index contributed by atoms with van der Waals surface area (Å²) >= 11 is 3.37. The molecule has 0 aliphatic carbocycles. The Labute approximate surface area is 141 Å². The molecule has 2 rings (SSSR count). The van der Waals surface area contributed by atoms with E-state index in [4.69, 9.17) is 14.6 Å². The molecule has 7 heteroatoms. The quantitative estimate of drug-likeness (QED) is 0.570. The fraction of sp³-hybridized carbons (Fsp3) is 0.125. The number of para-hydroxylation sites is 1. The zero-order valence-corrected chi connectivity index (χ0v) is 13.9. The van der Waals surface area contributed by atoms with E-state index >= 15 is 0 Å². The summed E-state index contributed by atoms with van der Waals surface area (Å²) in [7, 11) is 1.48. The van der Waals surface area contributed by atoms with Gasteiger partial charge in [-0.2, -0.15) is 5.10 Å². The molecule has 0 atom stereocenters. The lowest BCUT2D eigenvalue weighted by molar-refractivity contribution is -0.139. The molecule has 0 heterocycles. The number of hydrogen-bond donors (Lipinski definition) is 2. The van der Waals surface area contributed by atoms with Crippen molar-refractivity contribution < 1.29 is 19.4 Å². The van der Waals surface area contributed by atoms with E-state index in [1.54, 1.807) is 12.1 Å². The summed E-state index contributed by atoms with van der Waals surface area (Å²) in [5.74, 6) is -0.334. The normalized spacial score (nSPS) is 10.5. The molecule has 23 heavy (non-hydrogen) atoms. The highest BCUT2D eigenvalue weighted by atomic mass is 79.9. The van der Waals surface area contributed by atoms with Gasteiger partial charge in [-0.1, -0.05) is 34.1 Å². The van der Waals surface area contributed by atoms with Gasteiger partial charge in [-0.05, 0) is 24.3 Å². The van der Waals surface area contributed by atoms with Gasteiger partial charge < -0.3 is 14.6 Å². The molecule has 6 nitrogen and oxygen atoms in total. The minimum absolute atomic E-state index is 0.316. The molecular weight excluding hydrogens is 364 g/mol. The van der Waals surface area contributed by atoms with Gasteiger partial charge in [0.2, 0.25) is 0 Å². The zero-order chi connectivity index (χ0) is 16.7. The molecule has 0 fully saturated rings. The number of benzene rings is 2. The molecule has 0 saturated carbocycles. The second-order valence-corrected chi connectivity index (χ2v) is 5.36. The lowest BCUT2D eigenvalue weighted by atomic mass is 10.2. The lowest BCUT2D eigenvalue weighted by Crippen LogP contribution is -2.11. The fourth-order valence-corrected chi connectivity index (χ4v) is 2.27. The Hall–Kier alpha value is -2.54. The van der Waals surface area contributed by atoms with Gasteiger partial charge in [0, 0.05) is 10.0 Å². The number of anilines is 1. The van der Waals surface area contributed by atoms with Crippen LogP contribution in [-0.4, -0.2) is 31.0 Å². The summed E-state index contributed by atoms with van der Waals surface area (Å²) in [6, 6.07) is 12.9. The Bertz CT molecular complexity index is 705. The molecular formula is C16H15BrN2O4. The standard InChI is InChI=1S/C16H15BrN2O4/c1-22-14-8-12(17)7-11(16(14)23-10-15(20)21)9-18-19-13-5-3-2-4-6-13/h2-9,19H,10H2,1H3,(H,20,21). The molecule has 0 spiro atoms. The molecule has 0 radical (unpaired) electrons. The average molecular weight is 379 g/mol. The predicted octanol–water partition coefficient (Wildman–Crippen LogP) is 3.37. The van der Waals surface area contributed by atoms with Crippen molar-refractivity contribution in [2.45, 2.75) is 0 Å². The minimum atomic E-state index is -1.07. The average Bonchev–Trinajstić information content (AvgIpc) is 2.54. The first-order chi connectivity index (χ1) is 11.1. The fourth-order valence-electron chi connectivity index (χ4n) is 1.81. The van der Waals surface area contributed by atoms with Gasteiger partial charge in [-0.3, -0.25) is 5.43 Å². The van der Waals surface area contributed by atoms with E-state index in [0.717, 1.165) is 10.2 Å². The van der Waals surface area contributed by atoms with Crippen LogP contribution < -0.4 is 14.9 Å². The Kier molecular flexibility index (Phi) is 5.99. The summed E-state index contributed by atoms with van der Waals surface area (Å²) in [6.07, 6.45) is 1.54. The number of hydrazone groups is 1. The topological polar surface area (TPSA) is 80.1 Å². The summed E-state index contributed by atoms with van der Waals surface area (Å²) < 4.78 is 11.3. The maximum atomic E-state index is 10.7. The van der Waals surface area contributed by atoms with Gasteiger partial charge in [0.1, 0.15) is 0 Å². The van der Waals surface area contributed by atoms with Gasteiger partial charge in [0.25, 0.3) is 0 Å². The van der Waals surface area contributed by atoms with Crippen molar-refractivity contribution in [3.63, 3.8) is 0 Å². The number of methoxy groups -OCH3 is 1. The maximum Gasteiger partial charge on any atom is 0.341 e. The van der Waals surface area contributed by atoms with E-state index in [0.29, 0.717) is 17.1 Å². The zero-order valence-electron chi connectivity index (χ0n) is 12.3. The van der Waals surface area contributed by atoms with Gasteiger partial charge in [0.05, 0.1) is 19.0 Å². The van der Waals surface area contributed by atoms with E-state index in [9.17, 15) is 4.79 Å². The van der Waals surface area contributed by atoms with Crippen LogP contribution in [0.15, 0.2) is 52.0 Å². The van der Waals surface area contributed by atoms with Crippen LogP contribution in [-0.2, 0) is 4.79 Å². The van der Waals surface area contributed by atoms with Gasteiger partial charge in [-0.15, -0.1) is 0 Å². The molecule has 0 bridgehead atoms. The first-order valence-electron chi connectivity index (χ1n) is 6.66. The van der Waals surface area contributed by atoms with Crippen molar-refractivity contribution >= 4 is 33.8 Å². The van der Waals surface area contributed by atoms with Crippen molar-refractivity contribution in [2.24, 2.45) is 5.10 Å². The Balaban J connectivity index is 2.24. The smallest absolute Gasteiger partial charge is 0.341 e. The molecule has 0 aliphatic rings. The van der Waals surface area contributed by atoms with Crippen LogP contribution in [0.4, 0.5) is 5.69 Å². The van der Waals surface area contributed by atoms with Gasteiger partial charge in [-0.25, -0.2) is 4.79 Å². The molecule has 0 aromatic heterocycles. The van der Waals surface area contributed by atoms with Crippen LogP contribution in [0.5, 0.6) is 11.5 Å². The number of carbonyl (C=O) groups is 1. The van der Waals surface area contributed by atoms with Crippen LogP contribution in [0.1, 0.15) is 5.56 Å². The van der Waals surface area contributed by atoms with Gasteiger partial charge >= 0.3 is 5.97 Å². The predicted molar refractivity (Wildman–Crippen MR) is 91.5 cm³/mol. The van der Waals surface area contributed by atoms with Crippen molar-refractivity contribution in [3.05, 3.63) is 52.5 Å². The number of halogens is 1. The molecule has 0 unspecified atom stereocenters. The van der Waals surface area contributed by atoms with Crippen molar-refractivity contribution in [1.82, 2.24) is 0 Å². The Morgan fingerprint density at radius 3 is 2.74 bits per heavy atom. The van der Waals surface area contributed by atoms with Crippen LogP contribution in [0.3, 0.4) is 0 Å². The summed E-state index contributed by atoms with van der Waals surface area (Å²) in [5, 5.41) is 12.9. The molecule has 2 N–H and O–H groups in total. The molecule has 0 aliphatic heterocycles. The number of nitrogens with one attached hydrogen (secondary N) is 1. The van der Waals surface area contributed by atoms with Crippen LogP contribution in [0.25, 0.3) is 0 Å². The molecule has 120 valence electrons. The van der Waals surface area contributed by atoms with Crippen molar-refractivity contribution in [3.8, 4) is 11.5 Å². The number of aliphatic carboxylic acids is 1.